The average molecular weight is 1050 g/mol. The summed E-state index contributed by atoms with van der Waals surface area (Å²) in [4.78, 5) is 38.3. The van der Waals surface area contributed by atoms with Crippen LogP contribution in [-0.4, -0.2) is 37.2 Å². The van der Waals surface area contributed by atoms with Crippen molar-refractivity contribution in [2.75, 3.05) is 13.2 Å². The fourth-order valence-electron chi connectivity index (χ4n) is 9.49. The number of hydrogen-bond acceptors (Lipinski definition) is 6. The Balaban J connectivity index is 4.25. The number of ether oxygens (including phenoxy) is 3. The second-order valence-electron chi connectivity index (χ2n) is 22.0. The largest absolute Gasteiger partial charge is 0.462 e. The molecule has 0 aromatic heterocycles. The van der Waals surface area contributed by atoms with E-state index in [1.807, 2.05) is 0 Å². The smallest absolute Gasteiger partial charge is 0.306 e. The Hall–Kier alpha value is -2.89. The zero-order valence-electron chi connectivity index (χ0n) is 50.1. The van der Waals surface area contributed by atoms with E-state index in [-0.39, 0.29) is 31.1 Å². The Morgan fingerprint density at radius 2 is 0.493 bits per heavy atom. The summed E-state index contributed by atoms with van der Waals surface area (Å²) in [5.74, 6) is -0.894. The average Bonchev–Trinajstić information content (AvgIpc) is 3.41. The molecular weight excluding hydrogens is 925 g/mol. The predicted octanol–water partition coefficient (Wildman–Crippen LogP) is 22.3. The van der Waals surface area contributed by atoms with Crippen molar-refractivity contribution in [3.05, 3.63) is 60.8 Å². The Bertz CT molecular complexity index is 1340. The molecule has 0 saturated heterocycles. The van der Waals surface area contributed by atoms with Crippen molar-refractivity contribution in [1.82, 2.24) is 0 Å². The van der Waals surface area contributed by atoms with Crippen LogP contribution in [0.15, 0.2) is 60.8 Å². The number of hydrogen-bond donors (Lipinski definition) is 0. The van der Waals surface area contributed by atoms with E-state index in [1.54, 1.807) is 0 Å². The van der Waals surface area contributed by atoms with Crippen LogP contribution in [0.3, 0.4) is 0 Å². The van der Waals surface area contributed by atoms with E-state index in [9.17, 15) is 14.4 Å². The van der Waals surface area contributed by atoms with Gasteiger partial charge < -0.3 is 14.2 Å². The van der Waals surface area contributed by atoms with Crippen LogP contribution in [0.1, 0.15) is 342 Å². The van der Waals surface area contributed by atoms with Crippen molar-refractivity contribution in [2.24, 2.45) is 0 Å². The number of unbranched alkanes of at least 4 members (excludes halogenated alkanes) is 39. The quantitative estimate of drug-likeness (QED) is 0.0261. The molecule has 0 aliphatic heterocycles. The highest BCUT2D eigenvalue weighted by Crippen LogP contribution is 2.17. The van der Waals surface area contributed by atoms with E-state index >= 15 is 0 Å². The van der Waals surface area contributed by atoms with Gasteiger partial charge in [0.25, 0.3) is 0 Å². The molecule has 0 fully saturated rings. The maximum atomic E-state index is 12.9. The van der Waals surface area contributed by atoms with Gasteiger partial charge in [-0.1, -0.05) is 281 Å². The fraction of sp³-hybridized carbons (Fsp3) is 0.812. The summed E-state index contributed by atoms with van der Waals surface area (Å²) in [5.41, 5.74) is 0. The third-order valence-corrected chi connectivity index (χ3v) is 14.5. The van der Waals surface area contributed by atoms with Gasteiger partial charge >= 0.3 is 17.9 Å². The predicted molar refractivity (Wildman–Crippen MR) is 325 cm³/mol. The lowest BCUT2D eigenvalue weighted by Crippen LogP contribution is -2.30. The molecular formula is C69H124O6. The molecule has 436 valence electrons. The van der Waals surface area contributed by atoms with E-state index in [1.165, 1.54) is 199 Å². The molecule has 0 aliphatic carbocycles. The molecule has 0 aromatic rings. The van der Waals surface area contributed by atoms with Gasteiger partial charge in [0, 0.05) is 19.3 Å². The molecule has 0 amide bonds. The standard InChI is InChI=1S/C69H124O6/c1-4-7-10-13-16-19-22-25-28-30-31-32-33-34-35-36-37-38-39-40-42-44-47-50-53-56-59-62-68(71)74-65-66(64-73-67(70)61-58-55-52-49-46-43-27-24-21-18-15-12-9-6-3)75-69(72)63-60-57-54-51-48-45-41-29-26-23-20-17-14-11-8-5-2/h15,18,20,23-24,27,29-31,41,66H,4-14,16-17,19,21-22,25-26,28,32-40,42-65H2,1-3H3/b18-15-,23-20-,27-24-,31-30-,41-29-. The van der Waals surface area contributed by atoms with Crippen molar-refractivity contribution in [2.45, 2.75) is 348 Å². The van der Waals surface area contributed by atoms with E-state index in [4.69, 9.17) is 14.2 Å². The molecule has 0 aliphatic rings. The Labute approximate surface area is 466 Å². The van der Waals surface area contributed by atoms with Gasteiger partial charge in [0.2, 0.25) is 0 Å². The molecule has 0 spiro atoms. The zero-order chi connectivity index (χ0) is 54.3. The monoisotopic (exact) mass is 1050 g/mol. The summed E-state index contributed by atoms with van der Waals surface area (Å²) in [5, 5.41) is 0. The van der Waals surface area contributed by atoms with Gasteiger partial charge in [-0.2, -0.15) is 0 Å². The highest BCUT2D eigenvalue weighted by Gasteiger charge is 2.19. The van der Waals surface area contributed by atoms with Crippen LogP contribution in [0.2, 0.25) is 0 Å². The van der Waals surface area contributed by atoms with Gasteiger partial charge in [0.05, 0.1) is 0 Å². The maximum Gasteiger partial charge on any atom is 0.306 e. The molecule has 0 saturated carbocycles. The first-order chi connectivity index (χ1) is 37.0. The van der Waals surface area contributed by atoms with Crippen LogP contribution >= 0.6 is 0 Å². The SMILES string of the molecule is CCCC/C=C\C/C=C\CCCCCCCC(=O)OCC(COC(=O)CCCCCCCCCCCCCCCCC/C=C\CCCCCCCCCC)OC(=O)CCCCCCC/C=C\C/C=C\CCCCCC. The zero-order valence-corrected chi connectivity index (χ0v) is 50.1. The Morgan fingerprint density at radius 1 is 0.267 bits per heavy atom. The molecule has 6 heteroatoms. The topological polar surface area (TPSA) is 78.9 Å². The third kappa shape index (κ3) is 61.8. The van der Waals surface area contributed by atoms with Gasteiger partial charge in [-0.05, 0) is 103 Å². The summed E-state index contributed by atoms with van der Waals surface area (Å²) in [6.45, 7) is 6.60. The van der Waals surface area contributed by atoms with Crippen LogP contribution in [0.4, 0.5) is 0 Å². The highest BCUT2D eigenvalue weighted by molar-refractivity contribution is 5.71. The maximum absolute atomic E-state index is 12.9. The molecule has 75 heavy (non-hydrogen) atoms. The first-order valence-electron chi connectivity index (χ1n) is 32.8. The van der Waals surface area contributed by atoms with E-state index in [2.05, 4.69) is 81.5 Å². The second kappa shape index (κ2) is 63.6. The lowest BCUT2D eigenvalue weighted by atomic mass is 10.0. The van der Waals surface area contributed by atoms with E-state index in [0.717, 1.165) is 103 Å². The molecule has 0 radical (unpaired) electrons. The normalized spacial score (nSPS) is 12.4. The van der Waals surface area contributed by atoms with Gasteiger partial charge in [-0.15, -0.1) is 0 Å². The molecule has 0 N–H and O–H groups in total. The highest BCUT2D eigenvalue weighted by atomic mass is 16.6. The van der Waals surface area contributed by atoms with Gasteiger partial charge in [0.15, 0.2) is 6.10 Å². The van der Waals surface area contributed by atoms with Crippen LogP contribution < -0.4 is 0 Å². The number of esters is 3. The van der Waals surface area contributed by atoms with Crippen molar-refractivity contribution < 1.29 is 28.6 Å². The number of allylic oxidation sites excluding steroid dienone is 10. The van der Waals surface area contributed by atoms with Crippen LogP contribution in [-0.2, 0) is 28.6 Å². The molecule has 1 unspecified atom stereocenters. The van der Waals surface area contributed by atoms with Gasteiger partial charge in [0.1, 0.15) is 13.2 Å². The lowest BCUT2D eigenvalue weighted by Gasteiger charge is -2.18. The molecule has 0 heterocycles. The molecule has 0 aromatic carbocycles. The minimum absolute atomic E-state index is 0.0823. The molecule has 1 atom stereocenters. The third-order valence-electron chi connectivity index (χ3n) is 14.5. The summed E-state index contributed by atoms with van der Waals surface area (Å²) in [6.07, 6.45) is 80.9. The van der Waals surface area contributed by atoms with Gasteiger partial charge in [-0.25, -0.2) is 0 Å². The molecule has 0 rings (SSSR count). The minimum atomic E-state index is -0.787. The Morgan fingerprint density at radius 3 is 0.800 bits per heavy atom. The fourth-order valence-corrected chi connectivity index (χ4v) is 9.49. The van der Waals surface area contributed by atoms with Crippen molar-refractivity contribution in [3.63, 3.8) is 0 Å². The first-order valence-corrected chi connectivity index (χ1v) is 32.8. The van der Waals surface area contributed by atoms with Crippen molar-refractivity contribution in [1.29, 1.82) is 0 Å². The van der Waals surface area contributed by atoms with Crippen LogP contribution in [0.25, 0.3) is 0 Å². The summed E-state index contributed by atoms with van der Waals surface area (Å²) in [6, 6.07) is 0. The summed E-state index contributed by atoms with van der Waals surface area (Å²) >= 11 is 0. The molecule has 0 bridgehead atoms. The van der Waals surface area contributed by atoms with Gasteiger partial charge in [-0.3, -0.25) is 14.4 Å². The summed E-state index contributed by atoms with van der Waals surface area (Å²) in [7, 11) is 0. The Kier molecular flexibility index (Phi) is 61.2. The summed E-state index contributed by atoms with van der Waals surface area (Å²) < 4.78 is 16.9. The van der Waals surface area contributed by atoms with Crippen molar-refractivity contribution in [3.8, 4) is 0 Å². The number of carbonyl (C=O) groups is 3. The van der Waals surface area contributed by atoms with E-state index < -0.39 is 6.10 Å². The van der Waals surface area contributed by atoms with E-state index in [0.29, 0.717) is 19.3 Å². The lowest BCUT2D eigenvalue weighted by molar-refractivity contribution is -0.167. The second-order valence-corrected chi connectivity index (χ2v) is 22.0. The number of rotatable bonds is 60. The van der Waals surface area contributed by atoms with Crippen molar-refractivity contribution >= 4 is 17.9 Å². The number of carbonyl (C=O) groups excluding carboxylic acids is 3. The van der Waals surface area contributed by atoms with Crippen LogP contribution in [0.5, 0.6) is 0 Å². The molecule has 6 nitrogen and oxygen atoms in total. The van der Waals surface area contributed by atoms with Crippen LogP contribution in [0, 0.1) is 0 Å². The minimum Gasteiger partial charge on any atom is -0.462 e. The first kappa shape index (κ1) is 72.1.